The molecule has 0 heterocycles. The number of carbonyl (C=O) groups is 1. The molecule has 1 aromatic rings. The lowest BCUT2D eigenvalue weighted by Gasteiger charge is -2.35. The summed E-state index contributed by atoms with van der Waals surface area (Å²) in [7, 11) is 6.00. The standard InChI is InChI=1S/C19H22O6/c1-22-16-10-13(7-8-15(16)21)6-5-9-19(25-4)17(23-2)11-14(20)12-18(19)24-3/h5-8,10-12,21H,9H2,1-4H3. The van der Waals surface area contributed by atoms with E-state index in [9.17, 15) is 9.90 Å². The van der Waals surface area contributed by atoms with Crippen molar-refractivity contribution in [3.63, 3.8) is 0 Å². The first-order valence-corrected chi connectivity index (χ1v) is 7.65. The Balaban J connectivity index is 2.30. The maximum atomic E-state index is 11.8. The van der Waals surface area contributed by atoms with Crippen LogP contribution in [0.4, 0.5) is 0 Å². The van der Waals surface area contributed by atoms with Crippen molar-refractivity contribution in [2.24, 2.45) is 0 Å². The second-order valence-electron chi connectivity index (χ2n) is 5.40. The minimum Gasteiger partial charge on any atom is -0.504 e. The molecule has 0 aromatic heterocycles. The van der Waals surface area contributed by atoms with E-state index in [0.29, 0.717) is 23.7 Å². The number of phenolic OH excluding ortho intramolecular Hbond substituents is 1. The van der Waals surface area contributed by atoms with Crippen LogP contribution in [-0.2, 0) is 19.0 Å². The van der Waals surface area contributed by atoms with Crippen molar-refractivity contribution in [1.82, 2.24) is 0 Å². The van der Waals surface area contributed by atoms with Crippen LogP contribution < -0.4 is 4.74 Å². The predicted molar refractivity (Wildman–Crippen MR) is 93.2 cm³/mol. The van der Waals surface area contributed by atoms with Crippen LogP contribution in [0.3, 0.4) is 0 Å². The quantitative estimate of drug-likeness (QED) is 0.818. The van der Waals surface area contributed by atoms with Gasteiger partial charge in [0.05, 0.1) is 21.3 Å². The third-order valence-corrected chi connectivity index (χ3v) is 4.05. The number of hydrogen-bond acceptors (Lipinski definition) is 6. The molecule has 0 fully saturated rings. The minimum atomic E-state index is -1.01. The van der Waals surface area contributed by atoms with Gasteiger partial charge in [0.1, 0.15) is 11.5 Å². The summed E-state index contributed by atoms with van der Waals surface area (Å²) in [5.74, 6) is 1.02. The molecule has 1 aliphatic rings. The van der Waals surface area contributed by atoms with Crippen LogP contribution >= 0.6 is 0 Å². The molecule has 0 atom stereocenters. The SMILES string of the molecule is COC1=CC(=O)C=C(OC)C1(CC=Cc1ccc(O)c(OC)c1)OC. The number of methoxy groups -OCH3 is 4. The second kappa shape index (κ2) is 7.90. The van der Waals surface area contributed by atoms with Gasteiger partial charge in [0.2, 0.25) is 0 Å². The first-order valence-electron chi connectivity index (χ1n) is 7.65. The molecule has 6 nitrogen and oxygen atoms in total. The Morgan fingerprint density at radius 1 is 1.04 bits per heavy atom. The third kappa shape index (κ3) is 3.69. The molecule has 2 rings (SSSR count). The summed E-state index contributed by atoms with van der Waals surface area (Å²) in [6.07, 6.45) is 6.91. The lowest BCUT2D eigenvalue weighted by Crippen LogP contribution is -2.40. The van der Waals surface area contributed by atoms with Gasteiger partial charge in [-0.2, -0.15) is 0 Å². The topological polar surface area (TPSA) is 74.2 Å². The highest BCUT2D eigenvalue weighted by Gasteiger charge is 2.43. The van der Waals surface area contributed by atoms with E-state index in [1.807, 2.05) is 12.2 Å². The number of rotatable bonds is 7. The van der Waals surface area contributed by atoms with Crippen molar-refractivity contribution < 1.29 is 28.8 Å². The van der Waals surface area contributed by atoms with Crippen molar-refractivity contribution in [1.29, 1.82) is 0 Å². The fourth-order valence-electron chi connectivity index (χ4n) is 2.75. The van der Waals surface area contributed by atoms with Crippen LogP contribution in [0.5, 0.6) is 11.5 Å². The fraction of sp³-hybridized carbons (Fsp3) is 0.316. The van der Waals surface area contributed by atoms with Gasteiger partial charge < -0.3 is 24.1 Å². The van der Waals surface area contributed by atoms with E-state index in [0.717, 1.165) is 5.56 Å². The van der Waals surface area contributed by atoms with Crippen molar-refractivity contribution in [3.8, 4) is 11.5 Å². The van der Waals surface area contributed by atoms with E-state index in [2.05, 4.69) is 0 Å². The molecule has 1 aliphatic carbocycles. The van der Waals surface area contributed by atoms with E-state index in [4.69, 9.17) is 18.9 Å². The summed E-state index contributed by atoms with van der Waals surface area (Å²) < 4.78 is 21.5. The van der Waals surface area contributed by atoms with E-state index in [-0.39, 0.29) is 11.5 Å². The molecule has 6 heteroatoms. The van der Waals surface area contributed by atoms with Gasteiger partial charge in [0.15, 0.2) is 22.9 Å². The number of phenols is 1. The van der Waals surface area contributed by atoms with Crippen molar-refractivity contribution in [3.05, 3.63) is 53.5 Å². The molecular formula is C19H22O6. The Kier molecular flexibility index (Phi) is 5.88. The highest BCUT2D eigenvalue weighted by molar-refractivity contribution is 6.01. The number of ether oxygens (including phenoxy) is 4. The Hall–Kier alpha value is -2.73. The molecule has 0 saturated carbocycles. The number of ketones is 1. The Labute approximate surface area is 147 Å². The fourth-order valence-corrected chi connectivity index (χ4v) is 2.75. The van der Waals surface area contributed by atoms with Crippen LogP contribution in [0.1, 0.15) is 12.0 Å². The first-order chi connectivity index (χ1) is 12.0. The first kappa shape index (κ1) is 18.6. The molecule has 0 aliphatic heterocycles. The molecule has 0 amide bonds. The maximum absolute atomic E-state index is 11.8. The third-order valence-electron chi connectivity index (χ3n) is 4.05. The van der Waals surface area contributed by atoms with Crippen LogP contribution in [0, 0.1) is 0 Å². The van der Waals surface area contributed by atoms with E-state index < -0.39 is 5.60 Å². The van der Waals surface area contributed by atoms with Gasteiger partial charge in [-0.05, 0) is 17.7 Å². The largest absolute Gasteiger partial charge is 0.504 e. The van der Waals surface area contributed by atoms with Crippen molar-refractivity contribution >= 4 is 11.9 Å². The van der Waals surface area contributed by atoms with Gasteiger partial charge in [0, 0.05) is 25.7 Å². The van der Waals surface area contributed by atoms with E-state index >= 15 is 0 Å². The number of benzene rings is 1. The maximum Gasteiger partial charge on any atom is 0.185 e. The smallest absolute Gasteiger partial charge is 0.185 e. The number of aromatic hydroxyl groups is 1. The van der Waals surface area contributed by atoms with Gasteiger partial charge >= 0.3 is 0 Å². The van der Waals surface area contributed by atoms with Gasteiger partial charge in [0.25, 0.3) is 0 Å². The van der Waals surface area contributed by atoms with Crippen molar-refractivity contribution in [2.75, 3.05) is 28.4 Å². The Bertz CT molecular complexity index is 705. The van der Waals surface area contributed by atoms with Crippen LogP contribution in [-0.4, -0.2) is 44.9 Å². The molecule has 0 bridgehead atoms. The molecule has 0 radical (unpaired) electrons. The molecule has 0 spiro atoms. The molecule has 25 heavy (non-hydrogen) atoms. The summed E-state index contributed by atoms with van der Waals surface area (Å²) in [5, 5.41) is 9.65. The number of carbonyl (C=O) groups excluding carboxylic acids is 1. The molecule has 0 unspecified atom stereocenters. The molecule has 1 N–H and O–H groups in total. The van der Waals surface area contributed by atoms with Crippen LogP contribution in [0.15, 0.2) is 47.9 Å². The number of allylic oxidation sites excluding steroid dienone is 2. The summed E-state index contributed by atoms with van der Waals surface area (Å²) in [4.78, 5) is 11.8. The lowest BCUT2D eigenvalue weighted by atomic mass is 9.88. The summed E-state index contributed by atoms with van der Waals surface area (Å²) in [6, 6.07) is 5.04. The zero-order valence-electron chi connectivity index (χ0n) is 14.7. The average molecular weight is 346 g/mol. The zero-order chi connectivity index (χ0) is 18.4. The zero-order valence-corrected chi connectivity index (χ0v) is 14.7. The van der Waals surface area contributed by atoms with Gasteiger partial charge in [-0.1, -0.05) is 18.2 Å². The minimum absolute atomic E-state index is 0.0769. The highest BCUT2D eigenvalue weighted by atomic mass is 16.6. The molecule has 1 aromatic carbocycles. The highest BCUT2D eigenvalue weighted by Crippen LogP contribution is 2.37. The van der Waals surface area contributed by atoms with E-state index in [1.54, 1.807) is 18.2 Å². The normalized spacial score (nSPS) is 16.4. The monoisotopic (exact) mass is 346 g/mol. The second-order valence-corrected chi connectivity index (χ2v) is 5.40. The Morgan fingerprint density at radius 2 is 1.68 bits per heavy atom. The average Bonchev–Trinajstić information content (AvgIpc) is 2.63. The van der Waals surface area contributed by atoms with Gasteiger partial charge in [-0.15, -0.1) is 0 Å². The van der Waals surface area contributed by atoms with Crippen LogP contribution in [0.25, 0.3) is 6.08 Å². The van der Waals surface area contributed by atoms with Crippen LogP contribution in [0.2, 0.25) is 0 Å². The summed E-state index contributed by atoms with van der Waals surface area (Å²) in [5.41, 5.74) is -0.159. The summed E-state index contributed by atoms with van der Waals surface area (Å²) >= 11 is 0. The predicted octanol–water partition coefficient (Wildman–Crippen LogP) is 2.83. The lowest BCUT2D eigenvalue weighted by molar-refractivity contribution is -0.112. The molecule has 134 valence electrons. The van der Waals surface area contributed by atoms with Gasteiger partial charge in [-0.25, -0.2) is 0 Å². The number of hydrogen-bond donors (Lipinski definition) is 1. The Morgan fingerprint density at radius 3 is 2.20 bits per heavy atom. The van der Waals surface area contributed by atoms with Gasteiger partial charge in [-0.3, -0.25) is 4.79 Å². The van der Waals surface area contributed by atoms with Crippen molar-refractivity contribution in [2.45, 2.75) is 12.0 Å². The van der Waals surface area contributed by atoms with E-state index in [1.165, 1.54) is 40.6 Å². The summed E-state index contributed by atoms with van der Waals surface area (Å²) in [6.45, 7) is 0. The molecule has 0 saturated heterocycles. The molecular weight excluding hydrogens is 324 g/mol.